The van der Waals surface area contributed by atoms with Gasteiger partial charge in [0, 0.05) is 0 Å². The first kappa shape index (κ1) is 16.6. The van der Waals surface area contributed by atoms with E-state index in [1.54, 1.807) is 18.2 Å². The highest BCUT2D eigenvalue weighted by Gasteiger charge is 2.43. The number of esters is 1. The van der Waals surface area contributed by atoms with Gasteiger partial charge in [-0.3, -0.25) is 4.79 Å². The molecule has 0 saturated heterocycles. The van der Waals surface area contributed by atoms with Crippen molar-refractivity contribution in [2.24, 2.45) is 0 Å². The Kier molecular flexibility index (Phi) is 4.66. The van der Waals surface area contributed by atoms with E-state index in [1.807, 2.05) is 6.07 Å². The molecule has 24 heavy (non-hydrogen) atoms. The van der Waals surface area contributed by atoms with Crippen LogP contribution in [-0.2, 0) is 14.9 Å². The monoisotopic (exact) mass is 347 g/mol. The summed E-state index contributed by atoms with van der Waals surface area (Å²) >= 11 is 1.17. The molecule has 0 radical (unpaired) electrons. The van der Waals surface area contributed by atoms with Crippen molar-refractivity contribution < 1.29 is 18.7 Å². The molecule has 0 aliphatic heterocycles. The number of carbonyl (C=O) groups excluding carboxylic acids is 2. The maximum absolute atomic E-state index is 13.6. The molecule has 1 aromatic carbocycles. The average Bonchev–Trinajstić information content (AvgIpc) is 3.24. The fourth-order valence-corrected chi connectivity index (χ4v) is 4.08. The number of halogens is 1. The number of amides is 1. The summed E-state index contributed by atoms with van der Waals surface area (Å²) in [5.41, 5.74) is -0.000381. The smallest absolute Gasteiger partial charge is 0.348 e. The second-order valence-electron chi connectivity index (χ2n) is 5.91. The predicted octanol–water partition coefficient (Wildman–Crippen LogP) is 4.12. The Balaban J connectivity index is 1.85. The summed E-state index contributed by atoms with van der Waals surface area (Å²) in [6.45, 7) is 0. The van der Waals surface area contributed by atoms with E-state index in [4.69, 9.17) is 0 Å². The Labute approximate surface area is 143 Å². The molecule has 0 unspecified atom stereocenters. The van der Waals surface area contributed by atoms with Gasteiger partial charge in [0.05, 0.1) is 17.5 Å². The van der Waals surface area contributed by atoms with E-state index in [0.717, 1.165) is 12.8 Å². The molecule has 1 amide bonds. The molecular formula is C18H18FNO3S. The van der Waals surface area contributed by atoms with Crippen molar-refractivity contribution in [3.8, 4) is 0 Å². The molecule has 1 aliphatic carbocycles. The maximum atomic E-state index is 13.6. The van der Waals surface area contributed by atoms with Gasteiger partial charge in [0.15, 0.2) is 0 Å². The van der Waals surface area contributed by atoms with Crippen LogP contribution < -0.4 is 5.32 Å². The molecular weight excluding hydrogens is 329 g/mol. The number of hydrogen-bond acceptors (Lipinski definition) is 4. The number of anilines is 1. The van der Waals surface area contributed by atoms with Crippen molar-refractivity contribution in [1.82, 2.24) is 0 Å². The van der Waals surface area contributed by atoms with Gasteiger partial charge in [-0.05, 0) is 42.7 Å². The highest BCUT2D eigenvalue weighted by Crippen LogP contribution is 2.42. The molecule has 0 spiro atoms. The Bertz CT molecular complexity index is 765. The summed E-state index contributed by atoms with van der Waals surface area (Å²) in [7, 11) is 1.32. The van der Waals surface area contributed by atoms with E-state index in [2.05, 4.69) is 10.1 Å². The van der Waals surface area contributed by atoms with Crippen LogP contribution in [0, 0.1) is 5.82 Å². The van der Waals surface area contributed by atoms with Gasteiger partial charge in [-0.2, -0.15) is 0 Å². The fraction of sp³-hybridized carbons (Fsp3) is 0.333. The van der Waals surface area contributed by atoms with Crippen LogP contribution in [0.3, 0.4) is 0 Å². The zero-order valence-electron chi connectivity index (χ0n) is 13.3. The first-order valence-corrected chi connectivity index (χ1v) is 8.62. The number of carbonyl (C=O) groups is 2. The molecule has 0 atom stereocenters. The highest BCUT2D eigenvalue weighted by atomic mass is 32.1. The molecule has 0 bridgehead atoms. The van der Waals surface area contributed by atoms with Gasteiger partial charge in [-0.15, -0.1) is 11.3 Å². The SMILES string of the molecule is COC(=O)c1ccc(NC(=O)C2(c3cccc(F)c3)CCCC2)s1. The quantitative estimate of drug-likeness (QED) is 0.846. The average molecular weight is 347 g/mol. The number of thiophene rings is 1. The first-order chi connectivity index (χ1) is 11.5. The fourth-order valence-electron chi connectivity index (χ4n) is 3.26. The molecule has 1 N–H and O–H groups in total. The summed E-state index contributed by atoms with van der Waals surface area (Å²) in [5.74, 6) is -0.916. The summed E-state index contributed by atoms with van der Waals surface area (Å²) in [4.78, 5) is 24.9. The van der Waals surface area contributed by atoms with Crippen LogP contribution in [0.2, 0.25) is 0 Å². The Morgan fingerprint density at radius 2 is 1.96 bits per heavy atom. The largest absolute Gasteiger partial charge is 0.465 e. The topological polar surface area (TPSA) is 55.4 Å². The van der Waals surface area contributed by atoms with Gasteiger partial charge in [-0.25, -0.2) is 9.18 Å². The molecule has 1 fully saturated rings. The number of nitrogens with one attached hydrogen (secondary N) is 1. The van der Waals surface area contributed by atoms with Crippen molar-refractivity contribution >= 4 is 28.2 Å². The molecule has 2 aromatic rings. The van der Waals surface area contributed by atoms with E-state index in [9.17, 15) is 14.0 Å². The molecule has 3 rings (SSSR count). The minimum Gasteiger partial charge on any atom is -0.465 e. The Morgan fingerprint density at radius 1 is 1.21 bits per heavy atom. The van der Waals surface area contributed by atoms with E-state index < -0.39 is 11.4 Å². The molecule has 6 heteroatoms. The minimum absolute atomic E-state index is 0.149. The lowest BCUT2D eigenvalue weighted by atomic mass is 9.78. The van der Waals surface area contributed by atoms with Crippen molar-refractivity contribution in [2.75, 3.05) is 12.4 Å². The number of rotatable bonds is 4. The lowest BCUT2D eigenvalue weighted by Gasteiger charge is -2.28. The second kappa shape index (κ2) is 6.73. The number of methoxy groups -OCH3 is 1. The summed E-state index contributed by atoms with van der Waals surface area (Å²) in [6.07, 6.45) is 3.25. The first-order valence-electron chi connectivity index (χ1n) is 7.81. The molecule has 1 saturated carbocycles. The van der Waals surface area contributed by atoms with Crippen LogP contribution in [0.25, 0.3) is 0 Å². The number of benzene rings is 1. The van der Waals surface area contributed by atoms with Crippen LogP contribution >= 0.6 is 11.3 Å². The van der Waals surface area contributed by atoms with Crippen LogP contribution in [0.5, 0.6) is 0 Å². The van der Waals surface area contributed by atoms with Gasteiger partial charge in [0.25, 0.3) is 0 Å². The summed E-state index contributed by atoms with van der Waals surface area (Å²) in [5, 5.41) is 3.48. The van der Waals surface area contributed by atoms with Gasteiger partial charge in [-0.1, -0.05) is 25.0 Å². The third-order valence-electron chi connectivity index (χ3n) is 4.50. The number of hydrogen-bond donors (Lipinski definition) is 1. The van der Waals surface area contributed by atoms with E-state index in [-0.39, 0.29) is 11.7 Å². The predicted molar refractivity (Wildman–Crippen MR) is 90.8 cm³/mol. The van der Waals surface area contributed by atoms with Gasteiger partial charge >= 0.3 is 5.97 Å². The van der Waals surface area contributed by atoms with Crippen molar-refractivity contribution in [3.05, 3.63) is 52.7 Å². The van der Waals surface area contributed by atoms with Crippen molar-refractivity contribution in [3.63, 3.8) is 0 Å². The van der Waals surface area contributed by atoms with E-state index in [1.165, 1.54) is 30.6 Å². The Hall–Kier alpha value is -2.21. The van der Waals surface area contributed by atoms with E-state index in [0.29, 0.717) is 28.3 Å². The van der Waals surface area contributed by atoms with Crippen molar-refractivity contribution in [2.45, 2.75) is 31.1 Å². The molecule has 1 heterocycles. The summed E-state index contributed by atoms with van der Waals surface area (Å²) in [6, 6.07) is 9.57. The highest BCUT2D eigenvalue weighted by molar-refractivity contribution is 7.18. The zero-order chi connectivity index (χ0) is 17.2. The van der Waals surface area contributed by atoms with Gasteiger partial charge in [0.2, 0.25) is 5.91 Å². The lowest BCUT2D eigenvalue weighted by molar-refractivity contribution is -0.121. The van der Waals surface area contributed by atoms with Crippen LogP contribution in [0.1, 0.15) is 40.9 Å². The second-order valence-corrected chi connectivity index (χ2v) is 6.99. The van der Waals surface area contributed by atoms with Gasteiger partial charge in [0.1, 0.15) is 10.7 Å². The minimum atomic E-state index is -0.711. The third-order valence-corrected chi connectivity index (χ3v) is 5.48. The van der Waals surface area contributed by atoms with E-state index >= 15 is 0 Å². The maximum Gasteiger partial charge on any atom is 0.348 e. The van der Waals surface area contributed by atoms with Crippen molar-refractivity contribution in [1.29, 1.82) is 0 Å². The molecule has 1 aromatic heterocycles. The summed E-state index contributed by atoms with van der Waals surface area (Å²) < 4.78 is 18.3. The van der Waals surface area contributed by atoms with Gasteiger partial charge < -0.3 is 10.1 Å². The Morgan fingerprint density at radius 3 is 2.62 bits per heavy atom. The third kappa shape index (κ3) is 3.06. The van der Waals surface area contributed by atoms with Crippen LogP contribution in [0.4, 0.5) is 9.39 Å². The normalized spacial score (nSPS) is 15.9. The zero-order valence-corrected chi connectivity index (χ0v) is 14.1. The number of ether oxygens (including phenoxy) is 1. The molecule has 4 nitrogen and oxygen atoms in total. The standard InChI is InChI=1S/C18H18FNO3S/c1-23-16(21)14-7-8-15(24-14)20-17(22)18(9-2-3-10-18)12-5-4-6-13(19)11-12/h4-8,11H,2-3,9-10H2,1H3,(H,20,22). The molecule has 126 valence electrons. The van der Waals surface area contributed by atoms with Crippen LogP contribution in [0.15, 0.2) is 36.4 Å². The molecule has 1 aliphatic rings. The lowest BCUT2D eigenvalue weighted by Crippen LogP contribution is -2.37. The van der Waals surface area contributed by atoms with Crippen LogP contribution in [-0.4, -0.2) is 19.0 Å².